The first kappa shape index (κ1) is 20.8. The van der Waals surface area contributed by atoms with Crippen LogP contribution in [0.3, 0.4) is 0 Å². The highest BCUT2D eigenvalue weighted by Gasteiger charge is 2.20. The second-order valence-electron chi connectivity index (χ2n) is 6.99. The van der Waals surface area contributed by atoms with Crippen LogP contribution in [-0.4, -0.2) is 81.6 Å². The summed E-state index contributed by atoms with van der Waals surface area (Å²) in [6.07, 6.45) is 0. The largest absolute Gasteiger partial charge is 0.379 e. The van der Waals surface area contributed by atoms with Crippen LogP contribution < -0.4 is 5.32 Å². The van der Waals surface area contributed by atoms with E-state index in [9.17, 15) is 13.2 Å². The summed E-state index contributed by atoms with van der Waals surface area (Å²) in [5, 5.41) is 3.72. The summed E-state index contributed by atoms with van der Waals surface area (Å²) in [6.45, 7) is 7.16. The van der Waals surface area contributed by atoms with E-state index < -0.39 is 10.0 Å². The molecule has 154 valence electrons. The number of aryl methyl sites for hydroxylation is 1. The molecule has 8 nitrogen and oxygen atoms in total. The second kappa shape index (κ2) is 8.60. The number of carbonyl (C=O) groups excluding carboxylic acids is 1. The Morgan fingerprint density at radius 2 is 1.93 bits per heavy atom. The Morgan fingerprint density at radius 1 is 1.21 bits per heavy atom. The lowest BCUT2D eigenvalue weighted by molar-refractivity contribution is 0.0383. The summed E-state index contributed by atoms with van der Waals surface area (Å²) < 4.78 is 33.2. The van der Waals surface area contributed by atoms with Crippen molar-refractivity contribution in [2.45, 2.75) is 18.4 Å². The molecule has 0 unspecified atom stereocenters. The number of sulfonamides is 1. The summed E-state index contributed by atoms with van der Waals surface area (Å²) >= 11 is 0. The van der Waals surface area contributed by atoms with Crippen LogP contribution in [0.4, 0.5) is 0 Å². The number of carbonyl (C=O) groups is 1. The molecule has 28 heavy (non-hydrogen) atoms. The smallest absolute Gasteiger partial charge is 0.267 e. The van der Waals surface area contributed by atoms with Gasteiger partial charge in [0, 0.05) is 57.7 Å². The standard InChI is InChI=1S/C19H28N4O4S/c1-4-23-17-6-5-16(28(25,26)21(2)3)13-15(17)14-18(23)19(24)20-7-8-22-9-11-27-12-10-22/h5-6,13-14H,4,7-12H2,1-3H3,(H,20,24). The van der Waals surface area contributed by atoms with Gasteiger partial charge in [-0.15, -0.1) is 0 Å². The fourth-order valence-corrected chi connectivity index (χ4v) is 4.33. The molecular formula is C19H28N4O4S. The summed E-state index contributed by atoms with van der Waals surface area (Å²) in [7, 11) is -0.510. The first-order chi connectivity index (χ1) is 13.3. The van der Waals surface area contributed by atoms with E-state index in [1.165, 1.54) is 18.4 Å². The van der Waals surface area contributed by atoms with Gasteiger partial charge in [-0.25, -0.2) is 12.7 Å². The molecule has 0 atom stereocenters. The number of benzene rings is 1. The van der Waals surface area contributed by atoms with Crippen LogP contribution in [0, 0.1) is 0 Å². The molecule has 0 radical (unpaired) electrons. The number of morpholine rings is 1. The Balaban J connectivity index is 1.79. The molecule has 1 aromatic heterocycles. The number of rotatable bonds is 7. The van der Waals surface area contributed by atoms with Crippen molar-refractivity contribution < 1.29 is 17.9 Å². The third kappa shape index (κ3) is 4.22. The summed E-state index contributed by atoms with van der Waals surface area (Å²) in [6, 6.07) is 6.74. The summed E-state index contributed by atoms with van der Waals surface area (Å²) in [4.78, 5) is 15.2. The molecule has 1 amide bonds. The van der Waals surface area contributed by atoms with Gasteiger partial charge in [-0.3, -0.25) is 9.69 Å². The zero-order valence-electron chi connectivity index (χ0n) is 16.6. The van der Waals surface area contributed by atoms with Crippen LogP contribution >= 0.6 is 0 Å². The van der Waals surface area contributed by atoms with Crippen LogP contribution in [0.2, 0.25) is 0 Å². The van der Waals surface area contributed by atoms with Gasteiger partial charge in [0.25, 0.3) is 5.91 Å². The van der Waals surface area contributed by atoms with Gasteiger partial charge in [0.1, 0.15) is 5.69 Å². The maximum absolute atomic E-state index is 12.7. The fraction of sp³-hybridized carbons (Fsp3) is 0.526. The summed E-state index contributed by atoms with van der Waals surface area (Å²) in [5.74, 6) is -0.150. The van der Waals surface area contributed by atoms with Crippen molar-refractivity contribution in [3.63, 3.8) is 0 Å². The molecule has 9 heteroatoms. The predicted octanol–water partition coefficient (Wildman–Crippen LogP) is 0.974. The number of fused-ring (bicyclic) bond motifs is 1. The number of amides is 1. The van der Waals surface area contributed by atoms with Gasteiger partial charge in [-0.1, -0.05) is 0 Å². The lowest BCUT2D eigenvalue weighted by atomic mass is 10.2. The van der Waals surface area contributed by atoms with E-state index in [4.69, 9.17) is 4.74 Å². The minimum Gasteiger partial charge on any atom is -0.379 e. The zero-order chi connectivity index (χ0) is 20.3. The van der Waals surface area contributed by atoms with E-state index in [1.54, 1.807) is 24.3 Å². The van der Waals surface area contributed by atoms with Crippen molar-refractivity contribution in [1.82, 2.24) is 19.1 Å². The van der Waals surface area contributed by atoms with Crippen LogP contribution in [0.1, 0.15) is 17.4 Å². The number of hydrogen-bond donors (Lipinski definition) is 1. The van der Waals surface area contributed by atoms with Crippen LogP contribution in [0.15, 0.2) is 29.2 Å². The molecule has 0 bridgehead atoms. The van der Waals surface area contributed by atoms with Gasteiger partial charge in [0.2, 0.25) is 10.0 Å². The number of aromatic nitrogens is 1. The van der Waals surface area contributed by atoms with Crippen molar-refractivity contribution >= 4 is 26.8 Å². The predicted molar refractivity (Wildman–Crippen MR) is 108 cm³/mol. The normalized spacial score (nSPS) is 16.0. The van der Waals surface area contributed by atoms with Crippen molar-refractivity contribution in [2.75, 3.05) is 53.5 Å². The summed E-state index contributed by atoms with van der Waals surface area (Å²) in [5.41, 5.74) is 1.39. The Morgan fingerprint density at radius 3 is 2.57 bits per heavy atom. The fourth-order valence-electron chi connectivity index (χ4n) is 3.39. The van der Waals surface area contributed by atoms with E-state index in [-0.39, 0.29) is 10.8 Å². The molecule has 3 rings (SSSR count). The van der Waals surface area contributed by atoms with E-state index in [0.717, 1.165) is 43.8 Å². The van der Waals surface area contributed by atoms with E-state index in [1.807, 2.05) is 11.5 Å². The highest BCUT2D eigenvalue weighted by molar-refractivity contribution is 7.89. The molecule has 1 N–H and O–H groups in total. The monoisotopic (exact) mass is 408 g/mol. The lowest BCUT2D eigenvalue weighted by Crippen LogP contribution is -2.41. The first-order valence-electron chi connectivity index (χ1n) is 9.48. The highest BCUT2D eigenvalue weighted by Crippen LogP contribution is 2.24. The average molecular weight is 409 g/mol. The molecule has 1 fully saturated rings. The SMILES string of the molecule is CCn1c(C(=O)NCCN2CCOCC2)cc2cc(S(=O)(=O)N(C)C)ccc21. The third-order valence-corrected chi connectivity index (χ3v) is 6.83. The molecule has 1 aliphatic heterocycles. The maximum Gasteiger partial charge on any atom is 0.267 e. The lowest BCUT2D eigenvalue weighted by Gasteiger charge is -2.26. The van der Waals surface area contributed by atoms with Gasteiger partial charge in [0.05, 0.1) is 18.1 Å². The molecule has 0 aliphatic carbocycles. The highest BCUT2D eigenvalue weighted by atomic mass is 32.2. The number of ether oxygens (including phenoxy) is 1. The van der Waals surface area contributed by atoms with Gasteiger partial charge < -0.3 is 14.6 Å². The minimum absolute atomic E-state index is 0.150. The molecule has 2 aromatic rings. The maximum atomic E-state index is 12.7. The van der Waals surface area contributed by atoms with Crippen molar-refractivity contribution in [1.29, 1.82) is 0 Å². The van der Waals surface area contributed by atoms with Gasteiger partial charge in [-0.05, 0) is 31.2 Å². The topological polar surface area (TPSA) is 83.9 Å². The Labute approximate surface area is 166 Å². The van der Waals surface area contributed by atoms with E-state index in [0.29, 0.717) is 18.8 Å². The average Bonchev–Trinajstić information content (AvgIpc) is 3.06. The van der Waals surface area contributed by atoms with Crippen LogP contribution in [0.5, 0.6) is 0 Å². The Bertz CT molecular complexity index is 946. The number of hydrogen-bond acceptors (Lipinski definition) is 5. The molecule has 0 spiro atoms. The van der Waals surface area contributed by atoms with E-state index >= 15 is 0 Å². The Hall–Kier alpha value is -1.94. The van der Waals surface area contributed by atoms with Crippen molar-refractivity contribution in [2.24, 2.45) is 0 Å². The number of nitrogens with zero attached hydrogens (tertiary/aromatic N) is 3. The van der Waals surface area contributed by atoms with Crippen LogP contribution in [0.25, 0.3) is 10.9 Å². The van der Waals surface area contributed by atoms with Gasteiger partial charge in [-0.2, -0.15) is 0 Å². The van der Waals surface area contributed by atoms with Crippen molar-refractivity contribution in [3.05, 3.63) is 30.0 Å². The minimum atomic E-state index is -3.52. The molecule has 1 aliphatic rings. The first-order valence-corrected chi connectivity index (χ1v) is 10.9. The number of nitrogens with one attached hydrogen (secondary N) is 1. The molecule has 1 aromatic carbocycles. The van der Waals surface area contributed by atoms with Gasteiger partial charge in [0.15, 0.2) is 0 Å². The second-order valence-corrected chi connectivity index (χ2v) is 9.14. The quantitative estimate of drug-likeness (QED) is 0.738. The van der Waals surface area contributed by atoms with Gasteiger partial charge >= 0.3 is 0 Å². The van der Waals surface area contributed by atoms with E-state index in [2.05, 4.69) is 10.2 Å². The zero-order valence-corrected chi connectivity index (χ0v) is 17.5. The molecule has 2 heterocycles. The molecule has 1 saturated heterocycles. The molecular weight excluding hydrogens is 380 g/mol. The third-order valence-electron chi connectivity index (χ3n) is 5.02. The molecule has 0 saturated carbocycles. The van der Waals surface area contributed by atoms with Crippen molar-refractivity contribution in [3.8, 4) is 0 Å². The van der Waals surface area contributed by atoms with Crippen LogP contribution in [-0.2, 0) is 21.3 Å². The Kier molecular flexibility index (Phi) is 6.39.